The van der Waals surface area contributed by atoms with Crippen LogP contribution in [0.2, 0.25) is 0 Å². The Kier molecular flexibility index (Phi) is 8.10. The summed E-state index contributed by atoms with van der Waals surface area (Å²) < 4.78 is 25.7. The first kappa shape index (κ1) is 28.0. The number of nitrogens with one attached hydrogen (secondary N) is 1. The number of Topliss-reactive ketones (excluding diaryl/α,β-unsaturated/α-hetero) is 1. The molecule has 6 rings (SSSR count). The Hall–Kier alpha value is -5.09. The molecule has 43 heavy (non-hydrogen) atoms. The molecule has 9 nitrogen and oxygen atoms in total. The minimum absolute atomic E-state index is 0.0649. The number of nitrogens with zero attached hydrogens (tertiary/aromatic N) is 4. The molecular formula is C33H30FN5O4. The van der Waals surface area contributed by atoms with Crippen LogP contribution < -0.4 is 10.1 Å². The van der Waals surface area contributed by atoms with Gasteiger partial charge in [-0.2, -0.15) is 4.98 Å². The van der Waals surface area contributed by atoms with Crippen LogP contribution in [0.25, 0.3) is 16.8 Å². The zero-order chi connectivity index (χ0) is 29.8. The number of benzene rings is 3. The molecule has 0 bridgehead atoms. The topological polar surface area (TPSA) is 98.1 Å². The molecule has 0 spiro atoms. The van der Waals surface area contributed by atoms with Gasteiger partial charge < -0.3 is 19.7 Å². The van der Waals surface area contributed by atoms with Crippen molar-refractivity contribution in [1.82, 2.24) is 19.5 Å². The fourth-order valence-electron chi connectivity index (χ4n) is 5.05. The van der Waals surface area contributed by atoms with Crippen LogP contribution in [0, 0.1) is 5.82 Å². The van der Waals surface area contributed by atoms with Gasteiger partial charge in [-0.25, -0.2) is 8.91 Å². The third-order valence-corrected chi connectivity index (χ3v) is 7.33. The Morgan fingerprint density at radius 1 is 0.907 bits per heavy atom. The molecule has 3 heterocycles. The molecule has 1 aliphatic heterocycles. The molecule has 5 aromatic rings. The number of aromatic nitrogens is 3. The van der Waals surface area contributed by atoms with Gasteiger partial charge in [0.15, 0.2) is 5.65 Å². The van der Waals surface area contributed by atoms with Crippen LogP contribution in [-0.4, -0.2) is 64.6 Å². The summed E-state index contributed by atoms with van der Waals surface area (Å²) in [6, 6.07) is 22.9. The molecule has 0 aliphatic carbocycles. The van der Waals surface area contributed by atoms with Gasteiger partial charge in [0.05, 0.1) is 26.0 Å². The number of carbonyl (C=O) groups excluding carboxylic acids is 2. The third kappa shape index (κ3) is 6.54. The zero-order valence-electron chi connectivity index (χ0n) is 23.6. The van der Waals surface area contributed by atoms with E-state index in [9.17, 15) is 14.0 Å². The van der Waals surface area contributed by atoms with E-state index in [1.165, 1.54) is 12.1 Å². The van der Waals surface area contributed by atoms with Crippen molar-refractivity contribution in [2.45, 2.75) is 12.8 Å². The number of hydrogen-bond donors (Lipinski definition) is 1. The van der Waals surface area contributed by atoms with Crippen LogP contribution in [-0.2, 0) is 22.4 Å². The van der Waals surface area contributed by atoms with Gasteiger partial charge >= 0.3 is 0 Å². The van der Waals surface area contributed by atoms with Crippen molar-refractivity contribution in [2.24, 2.45) is 0 Å². The quantitative estimate of drug-likeness (QED) is 0.259. The van der Waals surface area contributed by atoms with Crippen LogP contribution in [0.3, 0.4) is 0 Å². The molecule has 0 unspecified atom stereocenters. The highest BCUT2D eigenvalue weighted by atomic mass is 19.1. The minimum atomic E-state index is -0.314. The predicted octanol–water partition coefficient (Wildman–Crippen LogP) is 5.11. The monoisotopic (exact) mass is 579 g/mol. The fraction of sp³-hybridized carbons (Fsp3) is 0.212. The largest absolute Gasteiger partial charge is 0.495 e. The number of anilines is 2. The van der Waals surface area contributed by atoms with Gasteiger partial charge in [-0.1, -0.05) is 36.4 Å². The van der Waals surface area contributed by atoms with Crippen molar-refractivity contribution in [2.75, 3.05) is 38.7 Å². The summed E-state index contributed by atoms with van der Waals surface area (Å²) in [6.07, 6.45) is 2.46. The second kappa shape index (κ2) is 12.4. The van der Waals surface area contributed by atoms with Crippen LogP contribution in [0.15, 0.2) is 85.1 Å². The number of pyridine rings is 1. The summed E-state index contributed by atoms with van der Waals surface area (Å²) in [5.41, 5.74) is 5.38. The van der Waals surface area contributed by atoms with E-state index in [2.05, 4.69) is 15.4 Å². The normalized spacial score (nSPS) is 13.2. The van der Waals surface area contributed by atoms with Gasteiger partial charge in [0.1, 0.15) is 17.3 Å². The number of amides is 1. The number of morpholine rings is 1. The molecular weight excluding hydrogens is 549 g/mol. The first-order valence-corrected chi connectivity index (χ1v) is 14.0. The van der Waals surface area contributed by atoms with E-state index in [4.69, 9.17) is 9.47 Å². The van der Waals surface area contributed by atoms with Crippen LogP contribution >= 0.6 is 0 Å². The summed E-state index contributed by atoms with van der Waals surface area (Å²) in [7, 11) is 1.57. The van der Waals surface area contributed by atoms with Gasteiger partial charge in [0.2, 0.25) is 5.95 Å². The van der Waals surface area contributed by atoms with E-state index in [0.717, 1.165) is 22.3 Å². The molecule has 1 N–H and O–H groups in total. The van der Waals surface area contributed by atoms with Gasteiger partial charge in [-0.3, -0.25) is 9.59 Å². The van der Waals surface area contributed by atoms with Crippen molar-refractivity contribution in [3.05, 3.63) is 108 Å². The van der Waals surface area contributed by atoms with E-state index in [-0.39, 0.29) is 23.9 Å². The molecule has 3 aromatic carbocycles. The SMILES string of the molecule is COc1ccc(C(=O)N2CCOCC2)cc1Nc1nc2ccc(-c3ccc(CC(=O)Cc4ccc(F)cc4)cc3)cn2n1. The highest BCUT2D eigenvalue weighted by Crippen LogP contribution is 2.29. The van der Waals surface area contributed by atoms with Gasteiger partial charge in [0, 0.05) is 43.3 Å². The smallest absolute Gasteiger partial charge is 0.254 e. The zero-order valence-corrected chi connectivity index (χ0v) is 23.6. The van der Waals surface area contributed by atoms with Gasteiger partial charge in [-0.15, -0.1) is 5.10 Å². The maximum atomic E-state index is 13.1. The van der Waals surface area contributed by atoms with Crippen molar-refractivity contribution in [3.63, 3.8) is 0 Å². The first-order valence-electron chi connectivity index (χ1n) is 14.0. The fourth-order valence-corrected chi connectivity index (χ4v) is 5.05. The molecule has 1 amide bonds. The second-order valence-electron chi connectivity index (χ2n) is 10.3. The van der Waals surface area contributed by atoms with Gasteiger partial charge in [0.25, 0.3) is 5.91 Å². The van der Waals surface area contributed by atoms with Crippen molar-refractivity contribution >= 4 is 29.0 Å². The third-order valence-electron chi connectivity index (χ3n) is 7.33. The van der Waals surface area contributed by atoms with Gasteiger partial charge in [-0.05, 0) is 59.2 Å². The Labute approximate surface area is 247 Å². The first-order chi connectivity index (χ1) is 20.9. The number of hydrogen-bond acceptors (Lipinski definition) is 7. The number of carbonyl (C=O) groups is 2. The molecule has 1 fully saturated rings. The Bertz CT molecular complexity index is 1760. The number of ether oxygens (including phenoxy) is 2. The number of ketones is 1. The lowest BCUT2D eigenvalue weighted by Crippen LogP contribution is -2.40. The molecule has 218 valence electrons. The minimum Gasteiger partial charge on any atom is -0.495 e. The second-order valence-corrected chi connectivity index (χ2v) is 10.3. The van der Waals surface area contributed by atoms with E-state index in [1.807, 2.05) is 42.6 Å². The van der Waals surface area contributed by atoms with E-state index >= 15 is 0 Å². The van der Waals surface area contributed by atoms with Crippen LogP contribution in [0.4, 0.5) is 16.0 Å². The maximum Gasteiger partial charge on any atom is 0.254 e. The summed E-state index contributed by atoms with van der Waals surface area (Å²) in [5, 5.41) is 7.80. The van der Waals surface area contributed by atoms with Crippen LogP contribution in [0.5, 0.6) is 5.75 Å². The van der Waals surface area contributed by atoms with E-state index < -0.39 is 0 Å². The molecule has 0 atom stereocenters. The maximum absolute atomic E-state index is 13.1. The summed E-state index contributed by atoms with van der Waals surface area (Å²) in [4.78, 5) is 31.9. The van der Waals surface area contributed by atoms with Crippen molar-refractivity contribution in [3.8, 4) is 16.9 Å². The lowest BCUT2D eigenvalue weighted by molar-refractivity contribution is -0.117. The number of methoxy groups -OCH3 is 1. The van der Waals surface area contributed by atoms with E-state index in [1.54, 1.807) is 46.9 Å². The summed E-state index contributed by atoms with van der Waals surface area (Å²) in [5.74, 6) is 0.614. The van der Waals surface area contributed by atoms with Crippen molar-refractivity contribution < 1.29 is 23.5 Å². The molecule has 0 saturated carbocycles. The number of halogens is 1. The highest BCUT2D eigenvalue weighted by Gasteiger charge is 2.20. The van der Waals surface area contributed by atoms with E-state index in [0.29, 0.717) is 61.3 Å². The molecule has 10 heteroatoms. The summed E-state index contributed by atoms with van der Waals surface area (Å²) in [6.45, 7) is 2.18. The molecule has 2 aromatic heterocycles. The average Bonchev–Trinajstić information content (AvgIpc) is 3.44. The predicted molar refractivity (Wildman–Crippen MR) is 160 cm³/mol. The molecule has 0 radical (unpaired) electrons. The molecule has 1 saturated heterocycles. The highest BCUT2D eigenvalue weighted by molar-refractivity contribution is 5.96. The number of rotatable bonds is 9. The molecule has 1 aliphatic rings. The lowest BCUT2D eigenvalue weighted by atomic mass is 10.0. The number of fused-ring (bicyclic) bond motifs is 1. The Morgan fingerprint density at radius 3 is 2.28 bits per heavy atom. The Morgan fingerprint density at radius 2 is 1.58 bits per heavy atom. The van der Waals surface area contributed by atoms with Crippen LogP contribution in [0.1, 0.15) is 21.5 Å². The standard InChI is InChI=1S/C33H30FN5O4/c1-42-30-12-8-25(32(41)38-14-16-43-17-15-38)20-29(30)35-33-36-31-13-9-26(21-39(31)37-33)24-6-2-22(3-7-24)18-28(40)19-23-4-10-27(34)11-5-23/h2-13,20-21H,14-19H2,1H3,(H,35,37). The lowest BCUT2D eigenvalue weighted by Gasteiger charge is -2.27. The van der Waals surface area contributed by atoms with Crippen molar-refractivity contribution in [1.29, 1.82) is 0 Å². The summed E-state index contributed by atoms with van der Waals surface area (Å²) >= 11 is 0. The Balaban J connectivity index is 1.15. The average molecular weight is 580 g/mol.